The van der Waals surface area contributed by atoms with Crippen molar-refractivity contribution >= 4 is 32.4 Å². The van der Waals surface area contributed by atoms with Crippen molar-refractivity contribution in [3.05, 3.63) is 42.5 Å². The van der Waals surface area contributed by atoms with Crippen molar-refractivity contribution in [2.75, 3.05) is 12.4 Å². The Kier molecular flexibility index (Phi) is 3.95. The summed E-state index contributed by atoms with van der Waals surface area (Å²) in [6.45, 7) is 0.477. The molecule has 0 heterocycles. The Labute approximate surface area is 130 Å². The van der Waals surface area contributed by atoms with Crippen LogP contribution in [0.25, 0.3) is 10.8 Å². The third kappa shape index (κ3) is 3.07. The molecule has 0 saturated heterocycles. The third-order valence-electron chi connectivity index (χ3n) is 4.26. The van der Waals surface area contributed by atoms with Gasteiger partial charge in [0.2, 0.25) is 10.0 Å². The van der Waals surface area contributed by atoms with E-state index in [-0.39, 0.29) is 5.41 Å². The normalized spacial score (nSPS) is 17.0. The molecule has 21 heavy (non-hydrogen) atoms. The van der Waals surface area contributed by atoms with E-state index in [0.717, 1.165) is 30.0 Å². The van der Waals surface area contributed by atoms with Gasteiger partial charge in [-0.05, 0) is 36.1 Å². The lowest BCUT2D eigenvalue weighted by molar-refractivity contribution is 0.478. The van der Waals surface area contributed by atoms with Crippen molar-refractivity contribution in [2.45, 2.75) is 24.2 Å². The zero-order valence-corrected chi connectivity index (χ0v) is 13.3. The molecule has 2 aromatic rings. The Morgan fingerprint density at radius 2 is 1.81 bits per heavy atom. The van der Waals surface area contributed by atoms with Crippen LogP contribution in [0.1, 0.15) is 19.3 Å². The van der Waals surface area contributed by atoms with Gasteiger partial charge in [0, 0.05) is 17.8 Å². The zero-order chi connectivity index (χ0) is 14.9. The largest absolute Gasteiger partial charge is 0.241 e. The highest BCUT2D eigenvalue weighted by Crippen LogP contribution is 2.48. The average molecular weight is 324 g/mol. The number of hydrogen-bond donors (Lipinski definition) is 1. The number of alkyl halides is 1. The van der Waals surface area contributed by atoms with Crippen molar-refractivity contribution in [2.24, 2.45) is 5.41 Å². The van der Waals surface area contributed by atoms with Gasteiger partial charge in [0.05, 0.1) is 4.90 Å². The summed E-state index contributed by atoms with van der Waals surface area (Å²) in [5.41, 5.74) is 0.0827. The van der Waals surface area contributed by atoms with Crippen LogP contribution in [0.2, 0.25) is 0 Å². The van der Waals surface area contributed by atoms with Gasteiger partial charge in [0.15, 0.2) is 0 Å². The maximum atomic E-state index is 12.6. The molecule has 1 aliphatic carbocycles. The minimum Gasteiger partial charge on any atom is -0.211 e. The molecule has 0 atom stereocenters. The highest BCUT2D eigenvalue weighted by molar-refractivity contribution is 7.89. The lowest BCUT2D eigenvalue weighted by Crippen LogP contribution is -2.30. The number of fused-ring (bicyclic) bond motifs is 1. The molecule has 0 aromatic heterocycles. The van der Waals surface area contributed by atoms with E-state index in [9.17, 15) is 8.42 Å². The Balaban J connectivity index is 1.87. The quantitative estimate of drug-likeness (QED) is 0.827. The summed E-state index contributed by atoms with van der Waals surface area (Å²) in [5.74, 6) is 0.579. The second-order valence-electron chi connectivity index (χ2n) is 5.74. The Morgan fingerprint density at radius 1 is 1.10 bits per heavy atom. The smallest absolute Gasteiger partial charge is 0.211 e. The average Bonchev–Trinajstić information content (AvgIpc) is 3.25. The van der Waals surface area contributed by atoms with Crippen LogP contribution < -0.4 is 4.72 Å². The van der Waals surface area contributed by atoms with Crippen LogP contribution in [-0.2, 0) is 10.0 Å². The fourth-order valence-corrected chi connectivity index (χ4v) is 4.43. The van der Waals surface area contributed by atoms with Gasteiger partial charge < -0.3 is 0 Å². The molecule has 0 spiro atoms. The first-order chi connectivity index (χ1) is 10.1. The summed E-state index contributed by atoms with van der Waals surface area (Å²) in [7, 11) is -3.49. The topological polar surface area (TPSA) is 46.2 Å². The van der Waals surface area contributed by atoms with Crippen LogP contribution in [0, 0.1) is 5.41 Å². The minimum atomic E-state index is -3.49. The van der Waals surface area contributed by atoms with Crippen LogP contribution in [0.4, 0.5) is 0 Å². The van der Waals surface area contributed by atoms with E-state index in [1.54, 1.807) is 12.1 Å². The Hall–Kier alpha value is -1.10. The molecule has 112 valence electrons. The first-order valence-corrected chi connectivity index (χ1v) is 9.12. The highest BCUT2D eigenvalue weighted by Gasteiger charge is 2.42. The lowest BCUT2D eigenvalue weighted by atomic mass is 10.1. The molecule has 3 rings (SSSR count). The van der Waals surface area contributed by atoms with Crippen molar-refractivity contribution in [3.63, 3.8) is 0 Å². The molecule has 1 saturated carbocycles. The molecule has 0 radical (unpaired) electrons. The van der Waals surface area contributed by atoms with Gasteiger partial charge in [0.1, 0.15) is 0 Å². The van der Waals surface area contributed by atoms with Gasteiger partial charge in [0.25, 0.3) is 0 Å². The summed E-state index contributed by atoms with van der Waals surface area (Å²) in [6.07, 6.45) is 2.97. The second kappa shape index (κ2) is 5.59. The second-order valence-corrected chi connectivity index (χ2v) is 7.85. The maximum Gasteiger partial charge on any atom is 0.241 e. The number of nitrogens with one attached hydrogen (secondary N) is 1. The molecule has 0 aliphatic heterocycles. The van der Waals surface area contributed by atoms with Crippen LogP contribution in [0.5, 0.6) is 0 Å². The Bertz CT molecular complexity index is 748. The minimum absolute atomic E-state index is 0.0827. The lowest BCUT2D eigenvalue weighted by Gasteiger charge is -2.15. The van der Waals surface area contributed by atoms with E-state index in [0.29, 0.717) is 17.3 Å². The predicted molar refractivity (Wildman–Crippen MR) is 86.1 cm³/mol. The summed E-state index contributed by atoms with van der Waals surface area (Å²) >= 11 is 5.79. The number of sulfonamides is 1. The summed E-state index contributed by atoms with van der Waals surface area (Å²) in [5, 5.41) is 1.69. The van der Waals surface area contributed by atoms with Crippen LogP contribution >= 0.6 is 11.6 Å². The predicted octanol–water partition coefficient (Wildman–Crippen LogP) is 3.53. The fraction of sp³-hybridized carbons (Fsp3) is 0.375. The molecule has 0 bridgehead atoms. The third-order valence-corrected chi connectivity index (χ3v) is 5.91. The highest BCUT2D eigenvalue weighted by atomic mass is 35.5. The van der Waals surface area contributed by atoms with Crippen molar-refractivity contribution in [3.8, 4) is 0 Å². The van der Waals surface area contributed by atoms with E-state index < -0.39 is 10.0 Å². The molecular weight excluding hydrogens is 306 g/mol. The van der Waals surface area contributed by atoms with E-state index in [4.69, 9.17) is 11.6 Å². The van der Waals surface area contributed by atoms with Gasteiger partial charge in [-0.15, -0.1) is 11.6 Å². The molecule has 0 amide bonds. The fourth-order valence-electron chi connectivity index (χ4n) is 2.65. The van der Waals surface area contributed by atoms with Crippen molar-refractivity contribution in [1.29, 1.82) is 0 Å². The van der Waals surface area contributed by atoms with Gasteiger partial charge in [-0.25, -0.2) is 13.1 Å². The molecule has 1 N–H and O–H groups in total. The number of hydrogen-bond acceptors (Lipinski definition) is 2. The van der Waals surface area contributed by atoms with Gasteiger partial charge in [-0.3, -0.25) is 0 Å². The molecular formula is C16H18ClNO2S. The molecule has 0 unspecified atom stereocenters. The molecule has 5 heteroatoms. The Morgan fingerprint density at radius 3 is 2.52 bits per heavy atom. The van der Waals surface area contributed by atoms with Crippen molar-refractivity contribution in [1.82, 2.24) is 4.72 Å². The molecule has 1 fully saturated rings. The zero-order valence-electron chi connectivity index (χ0n) is 11.7. The monoisotopic (exact) mass is 323 g/mol. The van der Waals surface area contributed by atoms with E-state index in [1.807, 2.05) is 30.3 Å². The standard InChI is InChI=1S/C16H18ClNO2S/c17-11-10-16(8-9-16)12-18-21(19,20)15-7-3-5-13-4-1-2-6-14(13)15/h1-7,18H,8-12H2. The molecule has 1 aliphatic rings. The van der Waals surface area contributed by atoms with E-state index in [2.05, 4.69) is 4.72 Å². The van der Waals surface area contributed by atoms with Gasteiger partial charge >= 0.3 is 0 Å². The van der Waals surface area contributed by atoms with Gasteiger partial charge in [-0.2, -0.15) is 0 Å². The first-order valence-electron chi connectivity index (χ1n) is 7.10. The number of benzene rings is 2. The van der Waals surface area contributed by atoms with E-state index in [1.165, 1.54) is 0 Å². The molecule has 2 aromatic carbocycles. The van der Waals surface area contributed by atoms with Crippen LogP contribution in [0.3, 0.4) is 0 Å². The first kappa shape index (κ1) is 14.8. The van der Waals surface area contributed by atoms with Gasteiger partial charge in [-0.1, -0.05) is 36.4 Å². The number of rotatable bonds is 6. The van der Waals surface area contributed by atoms with Crippen molar-refractivity contribution < 1.29 is 8.42 Å². The SMILES string of the molecule is O=S(=O)(NCC1(CCCl)CC1)c1cccc2ccccc12. The summed E-state index contributed by atoms with van der Waals surface area (Å²) in [6, 6.07) is 12.9. The number of halogens is 1. The maximum absolute atomic E-state index is 12.6. The van der Waals surface area contributed by atoms with Crippen LogP contribution in [-0.4, -0.2) is 20.8 Å². The summed E-state index contributed by atoms with van der Waals surface area (Å²) in [4.78, 5) is 0.349. The van der Waals surface area contributed by atoms with E-state index >= 15 is 0 Å². The van der Waals surface area contributed by atoms with Crippen LogP contribution in [0.15, 0.2) is 47.4 Å². The summed E-state index contributed by atoms with van der Waals surface area (Å²) < 4.78 is 27.9. The molecule has 3 nitrogen and oxygen atoms in total.